The third kappa shape index (κ3) is 2.76. The molecule has 0 spiro atoms. The fourth-order valence-electron chi connectivity index (χ4n) is 1.45. The number of H-pyrrole nitrogens is 1. The molecule has 0 amide bonds. The van der Waals surface area contributed by atoms with Crippen LogP contribution in [0.4, 0.5) is 4.39 Å². The van der Waals surface area contributed by atoms with E-state index in [4.69, 9.17) is 0 Å². The van der Waals surface area contributed by atoms with Crippen molar-refractivity contribution in [1.82, 2.24) is 24.5 Å². The predicted octanol–water partition coefficient (Wildman–Crippen LogP) is 0.468. The first kappa shape index (κ1) is 13.6. The van der Waals surface area contributed by atoms with Crippen molar-refractivity contribution in [3.8, 4) is 0 Å². The van der Waals surface area contributed by atoms with Crippen molar-refractivity contribution in [1.29, 1.82) is 0 Å². The van der Waals surface area contributed by atoms with Gasteiger partial charge in [0, 0.05) is 13.2 Å². The van der Waals surface area contributed by atoms with Crippen LogP contribution in [0.25, 0.3) is 0 Å². The van der Waals surface area contributed by atoms with Crippen LogP contribution in [-0.2, 0) is 16.6 Å². The van der Waals surface area contributed by atoms with Crippen LogP contribution in [0.15, 0.2) is 23.4 Å². The van der Waals surface area contributed by atoms with Crippen molar-refractivity contribution in [2.24, 2.45) is 0 Å². The number of sulfonamides is 1. The Morgan fingerprint density at radius 2 is 2.21 bits per heavy atom. The number of nitrogens with zero attached hydrogens (tertiary/aromatic N) is 4. The smallest absolute Gasteiger partial charge is 0.263 e. The zero-order valence-electron chi connectivity index (χ0n) is 10.3. The summed E-state index contributed by atoms with van der Waals surface area (Å²) in [6, 6.07) is 2.37. The molecule has 0 atom stereocenters. The number of nitrogens with one attached hydrogen (secondary N) is 1. The van der Waals surface area contributed by atoms with E-state index in [9.17, 15) is 12.8 Å². The van der Waals surface area contributed by atoms with E-state index < -0.39 is 20.9 Å². The topological polar surface area (TPSA) is 91.8 Å². The van der Waals surface area contributed by atoms with Crippen LogP contribution in [0.2, 0.25) is 0 Å². The molecular formula is C10H12FN5O2S. The van der Waals surface area contributed by atoms with Crippen LogP contribution in [0, 0.1) is 12.7 Å². The van der Waals surface area contributed by atoms with E-state index >= 15 is 0 Å². The SMILES string of the molecule is Cc1nc(CN(C)S(=O)(=O)c2ncccc2F)n[nH]1. The van der Waals surface area contributed by atoms with Gasteiger partial charge in [0.2, 0.25) is 5.03 Å². The Balaban J connectivity index is 2.27. The number of rotatable bonds is 4. The lowest BCUT2D eigenvalue weighted by molar-refractivity contribution is 0.446. The second-order valence-corrected chi connectivity index (χ2v) is 5.85. The Bertz CT molecular complexity index is 685. The van der Waals surface area contributed by atoms with Crippen LogP contribution in [-0.4, -0.2) is 39.9 Å². The lowest BCUT2D eigenvalue weighted by Gasteiger charge is -2.14. The number of hydrogen-bond donors (Lipinski definition) is 1. The first-order valence-electron chi connectivity index (χ1n) is 5.36. The lowest BCUT2D eigenvalue weighted by Crippen LogP contribution is -2.28. The van der Waals surface area contributed by atoms with Crippen LogP contribution < -0.4 is 0 Å². The van der Waals surface area contributed by atoms with Crippen molar-refractivity contribution in [3.63, 3.8) is 0 Å². The first-order chi connectivity index (χ1) is 8.91. The van der Waals surface area contributed by atoms with E-state index in [1.165, 1.54) is 19.3 Å². The first-order valence-corrected chi connectivity index (χ1v) is 6.80. The standard InChI is InChI=1S/C10H12FN5O2S/c1-7-13-9(15-14-7)6-16(2)19(17,18)10-8(11)4-3-5-12-10/h3-5H,6H2,1-2H3,(H,13,14,15). The van der Waals surface area contributed by atoms with E-state index in [-0.39, 0.29) is 6.54 Å². The molecule has 2 heterocycles. The minimum Gasteiger partial charge on any atom is -0.263 e. The largest absolute Gasteiger partial charge is 0.263 e. The highest BCUT2D eigenvalue weighted by Crippen LogP contribution is 2.16. The second-order valence-electron chi connectivity index (χ2n) is 3.89. The molecule has 0 aliphatic heterocycles. The highest BCUT2D eigenvalue weighted by Gasteiger charge is 2.26. The average molecular weight is 285 g/mol. The van der Waals surface area contributed by atoms with Gasteiger partial charge in [-0.1, -0.05) is 0 Å². The van der Waals surface area contributed by atoms with Gasteiger partial charge in [-0.05, 0) is 19.1 Å². The molecule has 0 aliphatic rings. The van der Waals surface area contributed by atoms with Gasteiger partial charge in [-0.25, -0.2) is 22.8 Å². The Labute approximate surface area is 109 Å². The molecule has 2 aromatic heterocycles. The van der Waals surface area contributed by atoms with E-state index in [1.54, 1.807) is 6.92 Å². The monoisotopic (exact) mass is 285 g/mol. The van der Waals surface area contributed by atoms with Crippen molar-refractivity contribution in [2.75, 3.05) is 7.05 Å². The van der Waals surface area contributed by atoms with E-state index in [0.29, 0.717) is 11.6 Å². The van der Waals surface area contributed by atoms with Gasteiger partial charge in [-0.15, -0.1) is 0 Å². The van der Waals surface area contributed by atoms with Crippen LogP contribution in [0.5, 0.6) is 0 Å². The minimum atomic E-state index is -4.01. The molecule has 0 unspecified atom stereocenters. The summed E-state index contributed by atoms with van der Waals surface area (Å²) >= 11 is 0. The van der Waals surface area contributed by atoms with Gasteiger partial charge in [-0.3, -0.25) is 5.10 Å². The van der Waals surface area contributed by atoms with E-state index in [2.05, 4.69) is 20.2 Å². The highest BCUT2D eigenvalue weighted by molar-refractivity contribution is 7.89. The number of aromatic amines is 1. The molecule has 9 heteroatoms. The van der Waals surface area contributed by atoms with Crippen LogP contribution >= 0.6 is 0 Å². The molecule has 19 heavy (non-hydrogen) atoms. The molecule has 2 aromatic rings. The van der Waals surface area contributed by atoms with Crippen molar-refractivity contribution in [2.45, 2.75) is 18.5 Å². The molecular weight excluding hydrogens is 273 g/mol. The maximum Gasteiger partial charge on any atom is 0.263 e. The van der Waals surface area contributed by atoms with Gasteiger partial charge in [0.25, 0.3) is 10.0 Å². The van der Waals surface area contributed by atoms with Gasteiger partial charge in [-0.2, -0.15) is 9.40 Å². The van der Waals surface area contributed by atoms with Gasteiger partial charge >= 0.3 is 0 Å². The molecule has 7 nitrogen and oxygen atoms in total. The average Bonchev–Trinajstić information content (AvgIpc) is 2.75. The van der Waals surface area contributed by atoms with Gasteiger partial charge in [0.05, 0.1) is 6.54 Å². The predicted molar refractivity (Wildman–Crippen MR) is 64.0 cm³/mol. The molecule has 0 saturated carbocycles. The summed E-state index contributed by atoms with van der Waals surface area (Å²) < 4.78 is 38.7. The fraction of sp³-hybridized carbons (Fsp3) is 0.300. The van der Waals surface area contributed by atoms with Crippen LogP contribution in [0.3, 0.4) is 0 Å². The number of halogens is 1. The summed E-state index contributed by atoms with van der Waals surface area (Å²) in [5, 5.41) is 5.83. The number of aryl methyl sites for hydroxylation is 1. The van der Waals surface area contributed by atoms with E-state index in [1.807, 2.05) is 0 Å². The van der Waals surface area contributed by atoms with Gasteiger partial charge in [0.1, 0.15) is 5.82 Å². The van der Waals surface area contributed by atoms with Crippen molar-refractivity contribution < 1.29 is 12.8 Å². The minimum absolute atomic E-state index is 0.0668. The van der Waals surface area contributed by atoms with Crippen molar-refractivity contribution in [3.05, 3.63) is 35.8 Å². The Morgan fingerprint density at radius 3 is 2.79 bits per heavy atom. The molecule has 1 N–H and O–H groups in total. The molecule has 0 saturated heterocycles. The third-order valence-corrected chi connectivity index (χ3v) is 4.13. The zero-order chi connectivity index (χ0) is 14.0. The zero-order valence-corrected chi connectivity index (χ0v) is 11.1. The fourth-order valence-corrected chi connectivity index (χ4v) is 2.54. The molecule has 0 aliphatic carbocycles. The van der Waals surface area contributed by atoms with Gasteiger partial charge < -0.3 is 0 Å². The van der Waals surface area contributed by atoms with Crippen LogP contribution in [0.1, 0.15) is 11.6 Å². The summed E-state index contributed by atoms with van der Waals surface area (Å²) in [4.78, 5) is 7.56. The molecule has 0 radical (unpaired) electrons. The summed E-state index contributed by atoms with van der Waals surface area (Å²) in [7, 11) is -2.69. The number of pyridine rings is 1. The number of hydrogen-bond acceptors (Lipinski definition) is 5. The van der Waals surface area contributed by atoms with Crippen molar-refractivity contribution >= 4 is 10.0 Å². The van der Waals surface area contributed by atoms with Gasteiger partial charge in [0.15, 0.2) is 11.6 Å². The Morgan fingerprint density at radius 1 is 1.47 bits per heavy atom. The Hall–Kier alpha value is -1.87. The molecule has 0 bridgehead atoms. The molecule has 0 aromatic carbocycles. The summed E-state index contributed by atoms with van der Waals surface area (Å²) in [5.74, 6) is -0.00903. The quantitative estimate of drug-likeness (QED) is 0.881. The maximum atomic E-state index is 13.5. The molecule has 102 valence electrons. The Kier molecular flexibility index (Phi) is 3.58. The molecule has 0 fully saturated rings. The highest BCUT2D eigenvalue weighted by atomic mass is 32.2. The summed E-state index contributed by atoms with van der Waals surface area (Å²) in [5.41, 5.74) is 0. The normalized spacial score (nSPS) is 12.0. The summed E-state index contributed by atoms with van der Waals surface area (Å²) in [6.45, 7) is 1.63. The van der Waals surface area contributed by atoms with E-state index in [0.717, 1.165) is 10.4 Å². The lowest BCUT2D eigenvalue weighted by atomic mass is 10.5. The summed E-state index contributed by atoms with van der Waals surface area (Å²) in [6.07, 6.45) is 1.22. The third-order valence-electron chi connectivity index (χ3n) is 2.39. The second kappa shape index (κ2) is 5.02. The molecule has 2 rings (SSSR count). The number of aromatic nitrogens is 4. The maximum absolute atomic E-state index is 13.5.